The molecule has 0 aromatic carbocycles. The maximum atomic E-state index is 13.1. The molecule has 1 spiro atoms. The number of hydrogen-bond donors (Lipinski definition) is 1. The quantitative estimate of drug-likeness (QED) is 0.907. The van der Waals surface area contributed by atoms with Gasteiger partial charge in [0, 0.05) is 38.8 Å². The molecule has 1 N–H and O–H groups in total. The molecule has 0 radical (unpaired) electrons. The highest BCUT2D eigenvalue weighted by molar-refractivity contribution is 5.95. The molecule has 3 fully saturated rings. The van der Waals surface area contributed by atoms with E-state index in [4.69, 9.17) is 0 Å². The molecule has 5 nitrogen and oxygen atoms in total. The van der Waals surface area contributed by atoms with Crippen LogP contribution in [0.4, 0.5) is 0 Å². The highest BCUT2D eigenvalue weighted by atomic mass is 16.2. The summed E-state index contributed by atoms with van der Waals surface area (Å²) in [6.45, 7) is 4.08. The summed E-state index contributed by atoms with van der Waals surface area (Å²) in [5.41, 5.74) is 2.38. The lowest BCUT2D eigenvalue weighted by atomic mass is 9.77. The maximum Gasteiger partial charge on any atom is 0.257 e. The number of aromatic nitrogens is 2. The van der Waals surface area contributed by atoms with Gasteiger partial charge in [0.15, 0.2) is 0 Å². The molecular formula is C19H30N4O. The van der Waals surface area contributed by atoms with Crippen molar-refractivity contribution in [1.29, 1.82) is 0 Å². The number of rotatable bonds is 2. The van der Waals surface area contributed by atoms with E-state index in [-0.39, 0.29) is 5.91 Å². The molecule has 24 heavy (non-hydrogen) atoms. The number of amides is 1. The minimum Gasteiger partial charge on any atom is -0.338 e. The Kier molecular flexibility index (Phi) is 4.37. The van der Waals surface area contributed by atoms with Gasteiger partial charge in [-0.25, -0.2) is 0 Å². The summed E-state index contributed by atoms with van der Waals surface area (Å²) in [6.07, 6.45) is 11.8. The number of likely N-dealkylation sites (tertiary alicyclic amines) is 1. The molecular weight excluding hydrogens is 300 g/mol. The van der Waals surface area contributed by atoms with Crippen molar-refractivity contribution >= 4 is 5.91 Å². The Morgan fingerprint density at radius 3 is 2.62 bits per heavy atom. The highest BCUT2D eigenvalue weighted by Gasteiger charge is 2.39. The monoisotopic (exact) mass is 330 g/mol. The average molecular weight is 330 g/mol. The fourth-order valence-corrected chi connectivity index (χ4v) is 4.92. The maximum absolute atomic E-state index is 13.1. The molecule has 1 saturated carbocycles. The Morgan fingerprint density at radius 2 is 1.96 bits per heavy atom. The lowest BCUT2D eigenvalue weighted by Gasteiger charge is -2.39. The Hall–Kier alpha value is -1.36. The van der Waals surface area contributed by atoms with Crippen LogP contribution < -0.4 is 5.32 Å². The normalized spacial score (nSPS) is 24.6. The summed E-state index contributed by atoms with van der Waals surface area (Å²) in [5.74, 6) is 0.693. The topological polar surface area (TPSA) is 50.2 Å². The molecule has 0 bridgehead atoms. The number of nitrogens with one attached hydrogen (secondary N) is 1. The third-order valence-electron chi connectivity index (χ3n) is 6.52. The van der Waals surface area contributed by atoms with Crippen LogP contribution in [0.3, 0.4) is 0 Å². The Labute approximate surface area is 144 Å². The van der Waals surface area contributed by atoms with Gasteiger partial charge in [-0.3, -0.25) is 9.48 Å². The molecule has 1 aromatic rings. The summed E-state index contributed by atoms with van der Waals surface area (Å²) < 4.78 is 1.84. The van der Waals surface area contributed by atoms with Crippen LogP contribution in [0.5, 0.6) is 0 Å². The Morgan fingerprint density at radius 1 is 1.21 bits per heavy atom. The standard InChI is InChI=1S/C19H30N4O/c1-22-13-16(17(21-22)15-5-3-2-4-6-15)18(24)23-11-8-19(9-12-23)7-10-20-14-19/h13,15,20H,2-12,14H2,1H3. The second-order valence-corrected chi connectivity index (χ2v) is 8.16. The summed E-state index contributed by atoms with van der Waals surface area (Å²) in [7, 11) is 1.94. The summed E-state index contributed by atoms with van der Waals surface area (Å²) >= 11 is 0. The molecule has 2 aliphatic heterocycles. The van der Waals surface area contributed by atoms with Crippen LogP contribution in [0, 0.1) is 5.41 Å². The Bertz CT molecular complexity index is 587. The van der Waals surface area contributed by atoms with Gasteiger partial charge >= 0.3 is 0 Å². The molecule has 1 amide bonds. The van der Waals surface area contributed by atoms with E-state index in [2.05, 4.69) is 15.3 Å². The second kappa shape index (κ2) is 6.51. The van der Waals surface area contributed by atoms with Gasteiger partial charge in [-0.1, -0.05) is 19.3 Å². The first kappa shape index (κ1) is 16.1. The van der Waals surface area contributed by atoms with Crippen molar-refractivity contribution in [1.82, 2.24) is 20.0 Å². The van der Waals surface area contributed by atoms with Gasteiger partial charge in [0.1, 0.15) is 0 Å². The van der Waals surface area contributed by atoms with E-state index in [1.54, 1.807) is 0 Å². The van der Waals surface area contributed by atoms with Crippen LogP contribution in [-0.4, -0.2) is 46.8 Å². The van der Waals surface area contributed by atoms with Crippen LogP contribution in [0.1, 0.15) is 73.3 Å². The summed E-state index contributed by atoms with van der Waals surface area (Å²) in [6, 6.07) is 0. The van der Waals surface area contributed by atoms with E-state index in [0.29, 0.717) is 11.3 Å². The SMILES string of the molecule is Cn1cc(C(=O)N2CCC3(CCNC3)CC2)c(C2CCCCC2)n1. The van der Waals surface area contributed by atoms with Crippen molar-refractivity contribution in [2.45, 2.75) is 57.3 Å². The third kappa shape index (κ3) is 2.99. The number of carbonyl (C=O) groups is 1. The fourth-order valence-electron chi connectivity index (χ4n) is 4.92. The van der Waals surface area contributed by atoms with Crippen LogP contribution >= 0.6 is 0 Å². The van der Waals surface area contributed by atoms with Crippen molar-refractivity contribution < 1.29 is 4.79 Å². The molecule has 0 unspecified atom stereocenters. The Balaban J connectivity index is 1.48. The van der Waals surface area contributed by atoms with Gasteiger partial charge < -0.3 is 10.2 Å². The first-order chi connectivity index (χ1) is 11.7. The predicted molar refractivity (Wildman–Crippen MR) is 94.1 cm³/mol. The van der Waals surface area contributed by atoms with Crippen molar-refractivity contribution in [2.24, 2.45) is 12.5 Å². The lowest BCUT2D eigenvalue weighted by molar-refractivity contribution is 0.0605. The van der Waals surface area contributed by atoms with Gasteiger partial charge in [0.2, 0.25) is 0 Å². The van der Waals surface area contributed by atoms with E-state index in [9.17, 15) is 4.79 Å². The largest absolute Gasteiger partial charge is 0.338 e. The van der Waals surface area contributed by atoms with Crippen molar-refractivity contribution in [3.63, 3.8) is 0 Å². The number of hydrogen-bond acceptors (Lipinski definition) is 3. The van der Waals surface area contributed by atoms with Crippen LogP contribution in [-0.2, 0) is 7.05 Å². The molecule has 1 aliphatic carbocycles. The van der Waals surface area contributed by atoms with Gasteiger partial charge in [-0.15, -0.1) is 0 Å². The molecule has 0 atom stereocenters. The van der Waals surface area contributed by atoms with Crippen LogP contribution in [0.25, 0.3) is 0 Å². The minimum absolute atomic E-state index is 0.212. The highest BCUT2D eigenvalue weighted by Crippen LogP contribution is 2.38. The summed E-state index contributed by atoms with van der Waals surface area (Å²) in [5, 5.41) is 8.18. The second-order valence-electron chi connectivity index (χ2n) is 8.16. The number of nitrogens with zero attached hydrogens (tertiary/aromatic N) is 3. The van der Waals surface area contributed by atoms with E-state index in [1.165, 1.54) is 38.5 Å². The molecule has 5 heteroatoms. The van der Waals surface area contributed by atoms with E-state index >= 15 is 0 Å². The van der Waals surface area contributed by atoms with E-state index in [1.807, 2.05) is 17.9 Å². The smallest absolute Gasteiger partial charge is 0.257 e. The van der Waals surface area contributed by atoms with Gasteiger partial charge in [0.25, 0.3) is 5.91 Å². The number of carbonyl (C=O) groups excluding carboxylic acids is 1. The number of piperidine rings is 1. The van der Waals surface area contributed by atoms with Crippen LogP contribution in [0.2, 0.25) is 0 Å². The first-order valence-electron chi connectivity index (χ1n) is 9.70. The van der Waals surface area contributed by atoms with Gasteiger partial charge in [-0.05, 0) is 44.1 Å². The van der Waals surface area contributed by atoms with Gasteiger partial charge in [0.05, 0.1) is 11.3 Å². The molecule has 4 rings (SSSR count). The molecule has 132 valence electrons. The predicted octanol–water partition coefficient (Wildman–Crippen LogP) is 2.68. The molecule has 3 aliphatic rings. The fraction of sp³-hybridized carbons (Fsp3) is 0.789. The molecule has 1 aromatic heterocycles. The summed E-state index contributed by atoms with van der Waals surface area (Å²) in [4.78, 5) is 15.2. The molecule has 2 saturated heterocycles. The van der Waals surface area contributed by atoms with E-state index in [0.717, 1.165) is 50.3 Å². The third-order valence-corrected chi connectivity index (χ3v) is 6.52. The number of aryl methyl sites for hydroxylation is 1. The van der Waals surface area contributed by atoms with Crippen LogP contribution in [0.15, 0.2) is 6.20 Å². The zero-order valence-electron chi connectivity index (χ0n) is 14.9. The lowest BCUT2D eigenvalue weighted by Crippen LogP contribution is -2.44. The van der Waals surface area contributed by atoms with E-state index < -0.39 is 0 Å². The average Bonchev–Trinajstić information content (AvgIpc) is 3.23. The van der Waals surface area contributed by atoms with Crippen molar-refractivity contribution in [2.75, 3.05) is 26.2 Å². The first-order valence-corrected chi connectivity index (χ1v) is 9.70. The zero-order chi connectivity index (χ0) is 16.6. The van der Waals surface area contributed by atoms with Crippen molar-refractivity contribution in [3.05, 3.63) is 17.5 Å². The van der Waals surface area contributed by atoms with Gasteiger partial charge in [-0.2, -0.15) is 5.10 Å². The molecule has 3 heterocycles. The van der Waals surface area contributed by atoms with Crippen molar-refractivity contribution in [3.8, 4) is 0 Å². The minimum atomic E-state index is 0.212. The zero-order valence-corrected chi connectivity index (χ0v) is 14.9.